The van der Waals surface area contributed by atoms with E-state index in [0.29, 0.717) is 17.9 Å². The van der Waals surface area contributed by atoms with Crippen molar-refractivity contribution in [1.29, 1.82) is 0 Å². The minimum atomic E-state index is -0.156. The Morgan fingerprint density at radius 2 is 1.68 bits per heavy atom. The van der Waals surface area contributed by atoms with Crippen LogP contribution in [0.4, 0.5) is 0 Å². The van der Waals surface area contributed by atoms with Gasteiger partial charge in [-0.1, -0.05) is 29.8 Å². The van der Waals surface area contributed by atoms with Crippen LogP contribution >= 0.6 is 0 Å². The molecule has 2 aromatic rings. The van der Waals surface area contributed by atoms with E-state index in [9.17, 15) is 4.79 Å². The van der Waals surface area contributed by atoms with Gasteiger partial charge >= 0.3 is 0 Å². The van der Waals surface area contributed by atoms with E-state index in [-0.39, 0.29) is 11.9 Å². The van der Waals surface area contributed by atoms with Crippen molar-refractivity contribution in [2.24, 2.45) is 0 Å². The number of aryl methyl sites for hydroxylation is 1. The number of carbonyl (C=O) groups is 1. The minimum Gasteiger partial charge on any atom is -0.493 e. The van der Waals surface area contributed by atoms with Crippen LogP contribution in [-0.2, 0) is 11.2 Å². The molecule has 0 saturated carbocycles. The number of nitrogens with one attached hydrogen (secondary N) is 1. The van der Waals surface area contributed by atoms with Crippen LogP contribution in [0, 0.1) is 6.92 Å². The predicted octanol–water partition coefficient (Wildman–Crippen LogP) is 2.77. The van der Waals surface area contributed by atoms with Gasteiger partial charge in [0, 0.05) is 0 Å². The number of carbonyl (C=O) groups excluding carboxylic acids is 1. The molecule has 0 fully saturated rings. The Hall–Kier alpha value is -2.49. The summed E-state index contributed by atoms with van der Waals surface area (Å²) in [4.78, 5) is 12.0. The van der Waals surface area contributed by atoms with Crippen molar-refractivity contribution in [3.05, 3.63) is 58.7 Å². The lowest BCUT2D eigenvalue weighted by Crippen LogP contribution is -2.35. The highest BCUT2D eigenvalue weighted by molar-refractivity contribution is 5.82. The van der Waals surface area contributed by atoms with Gasteiger partial charge in [-0.2, -0.15) is 0 Å². The van der Waals surface area contributed by atoms with Gasteiger partial charge in [-0.05, 0) is 35.7 Å². The van der Waals surface area contributed by atoms with E-state index in [2.05, 4.69) is 17.4 Å². The Labute approximate surface area is 130 Å². The third-order valence-electron chi connectivity index (χ3n) is 4.02. The maximum atomic E-state index is 12.0. The van der Waals surface area contributed by atoms with Crippen LogP contribution in [-0.4, -0.2) is 20.1 Å². The highest BCUT2D eigenvalue weighted by Crippen LogP contribution is 2.37. The lowest BCUT2D eigenvalue weighted by Gasteiger charge is -2.28. The van der Waals surface area contributed by atoms with Crippen molar-refractivity contribution in [3.8, 4) is 11.5 Å². The number of hydrogen-bond acceptors (Lipinski definition) is 3. The molecule has 1 N–H and O–H groups in total. The van der Waals surface area contributed by atoms with Crippen molar-refractivity contribution in [2.75, 3.05) is 14.2 Å². The van der Waals surface area contributed by atoms with Gasteiger partial charge in [0.05, 0.1) is 26.7 Å². The number of benzene rings is 2. The number of methoxy groups -OCH3 is 2. The van der Waals surface area contributed by atoms with E-state index in [4.69, 9.17) is 9.47 Å². The van der Waals surface area contributed by atoms with E-state index in [0.717, 1.165) is 16.7 Å². The van der Waals surface area contributed by atoms with Crippen molar-refractivity contribution in [3.63, 3.8) is 0 Å². The molecule has 1 atom stereocenters. The van der Waals surface area contributed by atoms with Crippen molar-refractivity contribution in [1.82, 2.24) is 5.32 Å². The summed E-state index contributed by atoms with van der Waals surface area (Å²) >= 11 is 0. The molecular formula is C18H19NO3. The molecule has 1 amide bonds. The Bertz CT molecular complexity index is 707. The van der Waals surface area contributed by atoms with Gasteiger partial charge in [0.15, 0.2) is 11.5 Å². The second kappa shape index (κ2) is 5.72. The monoisotopic (exact) mass is 297 g/mol. The molecule has 0 spiro atoms. The largest absolute Gasteiger partial charge is 0.493 e. The summed E-state index contributed by atoms with van der Waals surface area (Å²) < 4.78 is 10.7. The molecule has 2 aromatic carbocycles. The third kappa shape index (κ3) is 2.52. The zero-order chi connectivity index (χ0) is 15.7. The van der Waals surface area contributed by atoms with Crippen LogP contribution in [0.25, 0.3) is 0 Å². The number of fused-ring (bicyclic) bond motifs is 1. The first kappa shape index (κ1) is 14.4. The lowest BCUT2D eigenvalue weighted by atomic mass is 9.89. The summed E-state index contributed by atoms with van der Waals surface area (Å²) in [6.45, 7) is 2.05. The van der Waals surface area contributed by atoms with E-state index in [1.54, 1.807) is 14.2 Å². The molecule has 4 nitrogen and oxygen atoms in total. The second-order valence-corrected chi connectivity index (χ2v) is 5.49. The molecule has 0 bridgehead atoms. The third-order valence-corrected chi connectivity index (χ3v) is 4.02. The second-order valence-electron chi connectivity index (χ2n) is 5.49. The van der Waals surface area contributed by atoms with Gasteiger partial charge in [-0.25, -0.2) is 0 Å². The molecule has 3 rings (SSSR count). The van der Waals surface area contributed by atoms with E-state index in [1.807, 2.05) is 31.2 Å². The molecular weight excluding hydrogens is 278 g/mol. The summed E-state index contributed by atoms with van der Waals surface area (Å²) in [6.07, 6.45) is 0.359. The quantitative estimate of drug-likeness (QED) is 0.947. The van der Waals surface area contributed by atoms with Crippen LogP contribution in [0.5, 0.6) is 11.5 Å². The van der Waals surface area contributed by atoms with Gasteiger partial charge < -0.3 is 14.8 Å². The molecule has 0 aromatic heterocycles. The van der Waals surface area contributed by atoms with E-state index in [1.165, 1.54) is 5.56 Å². The van der Waals surface area contributed by atoms with Gasteiger partial charge in [0.2, 0.25) is 5.91 Å². The van der Waals surface area contributed by atoms with Crippen molar-refractivity contribution >= 4 is 5.91 Å². The highest BCUT2D eigenvalue weighted by Gasteiger charge is 2.27. The fourth-order valence-corrected chi connectivity index (χ4v) is 2.84. The number of hydrogen-bond donors (Lipinski definition) is 1. The topological polar surface area (TPSA) is 47.6 Å². The van der Waals surface area contributed by atoms with Gasteiger partial charge in [-0.15, -0.1) is 0 Å². The molecule has 1 aliphatic heterocycles. The van der Waals surface area contributed by atoms with Crippen LogP contribution in [0.1, 0.15) is 28.3 Å². The fraction of sp³-hybridized carbons (Fsp3) is 0.278. The maximum absolute atomic E-state index is 12.0. The number of ether oxygens (including phenoxy) is 2. The molecule has 0 saturated heterocycles. The fourth-order valence-electron chi connectivity index (χ4n) is 2.84. The molecule has 4 heteroatoms. The standard InChI is InChI=1S/C18H19NO3/c1-11-4-6-12(7-5-11)18-14-10-16(22-3)15(21-2)8-13(14)9-17(20)19-18/h4-8,10,18H,9H2,1-3H3,(H,19,20)/t18-/m1/s1. The van der Waals surface area contributed by atoms with Gasteiger partial charge in [-0.3, -0.25) is 4.79 Å². The Morgan fingerprint density at radius 1 is 1.05 bits per heavy atom. The maximum Gasteiger partial charge on any atom is 0.225 e. The smallest absolute Gasteiger partial charge is 0.225 e. The van der Waals surface area contributed by atoms with E-state index >= 15 is 0 Å². The lowest BCUT2D eigenvalue weighted by molar-refractivity contribution is -0.121. The molecule has 0 aliphatic carbocycles. The zero-order valence-electron chi connectivity index (χ0n) is 13.0. The Morgan fingerprint density at radius 3 is 2.32 bits per heavy atom. The molecule has 0 radical (unpaired) electrons. The van der Waals surface area contributed by atoms with Gasteiger partial charge in [0.1, 0.15) is 0 Å². The van der Waals surface area contributed by atoms with E-state index < -0.39 is 0 Å². The first-order valence-electron chi connectivity index (χ1n) is 7.23. The van der Waals surface area contributed by atoms with Crippen molar-refractivity contribution < 1.29 is 14.3 Å². The number of amides is 1. The summed E-state index contributed by atoms with van der Waals surface area (Å²) in [5.41, 5.74) is 4.29. The molecule has 114 valence electrons. The molecule has 1 heterocycles. The Balaban J connectivity index is 2.11. The molecule has 1 aliphatic rings. The zero-order valence-corrected chi connectivity index (χ0v) is 13.0. The number of rotatable bonds is 3. The predicted molar refractivity (Wildman–Crippen MR) is 84.4 cm³/mol. The molecule has 22 heavy (non-hydrogen) atoms. The minimum absolute atomic E-state index is 0.0188. The molecule has 0 unspecified atom stereocenters. The van der Waals surface area contributed by atoms with Crippen LogP contribution in [0.2, 0.25) is 0 Å². The summed E-state index contributed by atoms with van der Waals surface area (Å²) in [5.74, 6) is 1.35. The van der Waals surface area contributed by atoms with Crippen LogP contribution in [0.3, 0.4) is 0 Å². The average Bonchev–Trinajstić information content (AvgIpc) is 2.53. The highest BCUT2D eigenvalue weighted by atomic mass is 16.5. The first-order valence-corrected chi connectivity index (χ1v) is 7.23. The van der Waals surface area contributed by atoms with Crippen LogP contribution in [0.15, 0.2) is 36.4 Å². The summed E-state index contributed by atoms with van der Waals surface area (Å²) in [5, 5.41) is 3.06. The average molecular weight is 297 g/mol. The normalized spacial score (nSPS) is 16.7. The summed E-state index contributed by atoms with van der Waals surface area (Å²) in [6, 6.07) is 11.9. The van der Waals surface area contributed by atoms with Gasteiger partial charge in [0.25, 0.3) is 0 Å². The Kier molecular flexibility index (Phi) is 3.75. The SMILES string of the molecule is COc1cc2c(cc1OC)[C@@H](c1ccc(C)cc1)NC(=O)C2. The van der Waals surface area contributed by atoms with Crippen molar-refractivity contribution in [2.45, 2.75) is 19.4 Å². The first-order chi connectivity index (χ1) is 10.6. The summed E-state index contributed by atoms with van der Waals surface area (Å²) in [7, 11) is 3.22. The van der Waals surface area contributed by atoms with Crippen LogP contribution < -0.4 is 14.8 Å².